The molecule has 5 nitrogen and oxygen atoms in total. The van der Waals surface area contributed by atoms with E-state index in [1.165, 1.54) is 0 Å². The maximum absolute atomic E-state index is 13.8. The van der Waals surface area contributed by atoms with Crippen molar-refractivity contribution >= 4 is 11.8 Å². The second kappa shape index (κ2) is 7.31. The second-order valence-electron chi connectivity index (χ2n) is 8.94. The van der Waals surface area contributed by atoms with Crippen molar-refractivity contribution in [3.63, 3.8) is 0 Å². The zero-order valence-corrected chi connectivity index (χ0v) is 16.4. The van der Waals surface area contributed by atoms with Gasteiger partial charge in [-0.3, -0.25) is 15.3 Å². The summed E-state index contributed by atoms with van der Waals surface area (Å²) in [5, 5.41) is 0. The fraction of sp³-hybridized carbons (Fsp3) is 0.619. The third kappa shape index (κ3) is 3.86. The fourth-order valence-electron chi connectivity index (χ4n) is 4.61. The lowest BCUT2D eigenvalue weighted by atomic mass is 10.0. The summed E-state index contributed by atoms with van der Waals surface area (Å²) in [5.41, 5.74) is 7.78. The molecule has 3 atom stereocenters. The summed E-state index contributed by atoms with van der Waals surface area (Å²) in [6.45, 7) is 3.78. The van der Waals surface area contributed by atoms with E-state index in [4.69, 9.17) is 5.73 Å². The molecule has 0 unspecified atom stereocenters. The van der Waals surface area contributed by atoms with Crippen LogP contribution >= 0.6 is 0 Å². The molecule has 1 aliphatic carbocycles. The molecule has 1 aromatic carbocycles. The molecule has 2 heterocycles. The summed E-state index contributed by atoms with van der Waals surface area (Å²) in [6, 6.07) is 0.238. The number of likely N-dealkylation sites (tertiary alicyclic amines) is 2. The monoisotopic (exact) mass is 408 g/mol. The van der Waals surface area contributed by atoms with Gasteiger partial charge >= 0.3 is 0 Å². The molecule has 1 aromatic rings. The lowest BCUT2D eigenvalue weighted by molar-refractivity contribution is -0.137. The summed E-state index contributed by atoms with van der Waals surface area (Å²) >= 11 is 0. The number of amides is 2. The molecule has 1 saturated carbocycles. The number of benzene rings is 1. The van der Waals surface area contributed by atoms with Gasteiger partial charge in [-0.1, -0.05) is 6.92 Å². The van der Waals surface area contributed by atoms with Crippen LogP contribution in [0.1, 0.15) is 38.2 Å². The molecule has 4 rings (SSSR count). The minimum atomic E-state index is -1.27. The minimum Gasteiger partial charge on any atom is -0.340 e. The number of rotatable bonds is 5. The zero-order chi connectivity index (χ0) is 20.9. The van der Waals surface area contributed by atoms with Crippen molar-refractivity contribution in [1.82, 2.24) is 15.5 Å². The lowest BCUT2D eigenvalue weighted by Crippen LogP contribution is -2.43. The Balaban J connectivity index is 1.35. The number of fused-ring (bicyclic) bond motifs is 1. The normalized spacial score (nSPS) is 25.8. The van der Waals surface area contributed by atoms with Crippen LogP contribution < -0.4 is 5.73 Å². The Hall–Kier alpha value is -2.09. The van der Waals surface area contributed by atoms with Crippen molar-refractivity contribution in [3.8, 4) is 0 Å². The van der Waals surface area contributed by atoms with Gasteiger partial charge < -0.3 is 9.80 Å². The molecule has 3 aliphatic rings. The first kappa shape index (κ1) is 20.2. The van der Waals surface area contributed by atoms with Gasteiger partial charge in [-0.15, -0.1) is 0 Å². The van der Waals surface area contributed by atoms with Gasteiger partial charge in [-0.05, 0) is 37.3 Å². The predicted octanol–water partition coefficient (Wildman–Crippen LogP) is 2.55. The Morgan fingerprint density at radius 3 is 2.55 bits per heavy atom. The Kier molecular flexibility index (Phi) is 5.09. The Morgan fingerprint density at radius 2 is 1.86 bits per heavy atom. The minimum absolute atomic E-state index is 0.0269. The molecule has 0 aromatic heterocycles. The number of nitrogens with zero attached hydrogens (tertiary/aromatic N) is 2. The summed E-state index contributed by atoms with van der Waals surface area (Å²) in [7, 11) is 0. The van der Waals surface area contributed by atoms with Gasteiger partial charge in [-0.2, -0.15) is 0 Å². The molecule has 157 valence electrons. The highest BCUT2D eigenvalue weighted by molar-refractivity contribution is 5.85. The number of nitrogens with one attached hydrogen (secondary N) is 1. The van der Waals surface area contributed by atoms with Crippen LogP contribution in [0.4, 0.5) is 13.2 Å². The highest BCUT2D eigenvalue weighted by atomic mass is 19.2. The smallest absolute Gasteiger partial charge is 0.228 e. The molecule has 2 aliphatic heterocycles. The first-order chi connectivity index (χ1) is 13.7. The van der Waals surface area contributed by atoms with Gasteiger partial charge in [0.15, 0.2) is 11.6 Å². The molecule has 3 fully saturated rings. The van der Waals surface area contributed by atoms with E-state index in [2.05, 4.69) is 0 Å². The third-order valence-electron chi connectivity index (χ3n) is 6.65. The van der Waals surface area contributed by atoms with Crippen molar-refractivity contribution in [2.75, 3.05) is 19.6 Å². The van der Waals surface area contributed by atoms with Crippen molar-refractivity contribution in [2.45, 2.75) is 51.1 Å². The van der Waals surface area contributed by atoms with Gasteiger partial charge in [-0.25, -0.2) is 13.2 Å². The summed E-state index contributed by atoms with van der Waals surface area (Å²) in [4.78, 5) is 29.0. The van der Waals surface area contributed by atoms with Crippen LogP contribution in [-0.4, -0.2) is 53.3 Å². The van der Waals surface area contributed by atoms with Gasteiger partial charge in [0.25, 0.3) is 0 Å². The number of hydrogen-bond donors (Lipinski definition) is 0. The van der Waals surface area contributed by atoms with Gasteiger partial charge in [0.2, 0.25) is 11.8 Å². The average molecular weight is 408 g/mol. The van der Waals surface area contributed by atoms with E-state index < -0.39 is 23.5 Å². The fourth-order valence-corrected chi connectivity index (χ4v) is 4.61. The van der Waals surface area contributed by atoms with Crippen LogP contribution in [0.15, 0.2) is 12.1 Å². The maximum Gasteiger partial charge on any atom is 0.228 e. The SMILES string of the molecule is CC1(C(=O)N2C[C@@H]3CCN(C(=O)C[C@H]([NH])Cc4cc(F)c(F)cc4F)[C@@H]3C2)CC1. The van der Waals surface area contributed by atoms with Gasteiger partial charge in [0.1, 0.15) is 5.82 Å². The van der Waals surface area contributed by atoms with Crippen molar-refractivity contribution in [2.24, 2.45) is 11.3 Å². The highest BCUT2D eigenvalue weighted by Crippen LogP contribution is 2.47. The number of hydrogen-bond acceptors (Lipinski definition) is 2. The molecule has 29 heavy (non-hydrogen) atoms. The van der Waals surface area contributed by atoms with Gasteiger partial charge in [0, 0.05) is 49.5 Å². The molecule has 0 spiro atoms. The third-order valence-corrected chi connectivity index (χ3v) is 6.65. The number of carbonyl (C=O) groups excluding carboxylic acids is 2. The first-order valence-corrected chi connectivity index (χ1v) is 10.1. The molecule has 2 amide bonds. The molecule has 1 radical (unpaired) electrons. The van der Waals surface area contributed by atoms with E-state index in [0.29, 0.717) is 25.7 Å². The van der Waals surface area contributed by atoms with E-state index in [1.54, 1.807) is 4.90 Å². The van der Waals surface area contributed by atoms with Crippen LogP contribution in [0.2, 0.25) is 0 Å². The molecular weight excluding hydrogens is 383 g/mol. The Bertz CT molecular complexity index is 843. The topological polar surface area (TPSA) is 64.4 Å². The Morgan fingerprint density at radius 1 is 1.17 bits per heavy atom. The van der Waals surface area contributed by atoms with Gasteiger partial charge in [0.05, 0.1) is 6.04 Å². The second-order valence-corrected chi connectivity index (χ2v) is 8.94. The van der Waals surface area contributed by atoms with E-state index >= 15 is 0 Å². The largest absolute Gasteiger partial charge is 0.340 e. The lowest BCUT2D eigenvalue weighted by Gasteiger charge is -2.27. The molecule has 2 saturated heterocycles. The zero-order valence-electron chi connectivity index (χ0n) is 16.4. The van der Waals surface area contributed by atoms with E-state index in [1.807, 2.05) is 11.8 Å². The molecule has 0 bridgehead atoms. The van der Waals surface area contributed by atoms with Crippen molar-refractivity contribution in [3.05, 3.63) is 35.1 Å². The molecular formula is C21H25F3N3O2. The van der Waals surface area contributed by atoms with E-state index in [-0.39, 0.29) is 47.6 Å². The van der Waals surface area contributed by atoms with E-state index in [0.717, 1.165) is 25.3 Å². The first-order valence-electron chi connectivity index (χ1n) is 10.1. The summed E-state index contributed by atoms with van der Waals surface area (Å²) in [6.07, 6.45) is 2.38. The predicted molar refractivity (Wildman–Crippen MR) is 99.1 cm³/mol. The summed E-state index contributed by atoms with van der Waals surface area (Å²) in [5.74, 6) is -3.11. The van der Waals surface area contributed by atoms with Crippen LogP contribution in [0.25, 0.3) is 0 Å². The standard InChI is InChI=1S/C21H25F3N3O2/c1-21(3-4-21)20(29)26-10-12-2-5-27(18(12)11-26)19(28)8-14(25)6-13-7-16(23)17(24)9-15(13)22/h7,9,12,14,18,25H,2-6,8,10-11H2,1H3/t12-,14+,18+/m0/s1. The van der Waals surface area contributed by atoms with Crippen LogP contribution in [0, 0.1) is 28.8 Å². The van der Waals surface area contributed by atoms with Crippen molar-refractivity contribution < 1.29 is 22.8 Å². The number of halogens is 3. The van der Waals surface area contributed by atoms with Crippen molar-refractivity contribution in [1.29, 1.82) is 0 Å². The average Bonchev–Trinajstić information content (AvgIpc) is 3.09. The van der Waals surface area contributed by atoms with E-state index in [9.17, 15) is 22.8 Å². The Labute approximate surface area is 168 Å². The summed E-state index contributed by atoms with van der Waals surface area (Å²) < 4.78 is 40.2. The molecule has 8 heteroatoms. The number of carbonyl (C=O) groups is 2. The molecule has 1 N–H and O–H groups in total. The quantitative estimate of drug-likeness (QED) is 0.703. The van der Waals surface area contributed by atoms with Crippen LogP contribution in [0.5, 0.6) is 0 Å². The maximum atomic E-state index is 13.8. The highest BCUT2D eigenvalue weighted by Gasteiger charge is 2.52. The van der Waals surface area contributed by atoms with Crippen LogP contribution in [0.3, 0.4) is 0 Å². The van der Waals surface area contributed by atoms with Crippen LogP contribution in [-0.2, 0) is 16.0 Å².